The number of carbonyl (C=O) groups is 2. The number of hydrogen-bond donors (Lipinski definition) is 1. The Bertz CT molecular complexity index is 851. The van der Waals surface area contributed by atoms with Gasteiger partial charge in [0.2, 0.25) is 11.8 Å². The molecule has 0 aliphatic carbocycles. The smallest absolute Gasteiger partial charge is 0.242 e. The first-order valence-electron chi connectivity index (χ1n) is 9.73. The maximum atomic E-state index is 13.3. The van der Waals surface area contributed by atoms with Crippen LogP contribution in [0, 0.1) is 11.7 Å². The van der Waals surface area contributed by atoms with E-state index >= 15 is 0 Å². The van der Waals surface area contributed by atoms with Gasteiger partial charge >= 0.3 is 0 Å². The zero-order valence-corrected chi connectivity index (χ0v) is 17.2. The lowest BCUT2D eigenvalue weighted by Crippen LogP contribution is -2.51. The summed E-state index contributed by atoms with van der Waals surface area (Å²) in [5.41, 5.74) is 1.85. The Kier molecular flexibility index (Phi) is 7.09. The maximum absolute atomic E-state index is 13.3. The molecule has 0 bridgehead atoms. The molecule has 1 atom stereocenters. The van der Waals surface area contributed by atoms with Crippen LogP contribution < -0.4 is 10.2 Å². The second-order valence-electron chi connectivity index (χ2n) is 7.30. The van der Waals surface area contributed by atoms with Gasteiger partial charge in [-0.15, -0.1) is 0 Å². The number of carbonyl (C=O) groups excluding carboxylic acids is 2. The quantitative estimate of drug-likeness (QED) is 0.785. The van der Waals surface area contributed by atoms with E-state index in [9.17, 15) is 14.0 Å². The van der Waals surface area contributed by atoms with Crippen LogP contribution in [0.25, 0.3) is 0 Å². The average molecular weight is 418 g/mol. The van der Waals surface area contributed by atoms with E-state index in [1.165, 1.54) is 12.1 Å². The van der Waals surface area contributed by atoms with Crippen LogP contribution in [-0.2, 0) is 16.0 Å². The third-order valence-electron chi connectivity index (χ3n) is 5.12. The number of hydrogen-bond acceptors (Lipinski definition) is 3. The van der Waals surface area contributed by atoms with E-state index in [1.807, 2.05) is 24.3 Å². The second kappa shape index (κ2) is 9.74. The SMILES string of the molecule is C[C@@H](Cc1cccc(F)c1)C(=O)NCC(=O)N1CCN(c2ccc(Cl)cc2)CC1. The lowest BCUT2D eigenvalue weighted by molar-refractivity contribution is -0.134. The molecule has 1 heterocycles. The third-order valence-corrected chi connectivity index (χ3v) is 5.37. The number of amides is 2. The molecule has 2 aromatic carbocycles. The molecule has 154 valence electrons. The molecule has 0 radical (unpaired) electrons. The van der Waals surface area contributed by atoms with Crippen molar-refractivity contribution in [2.45, 2.75) is 13.3 Å². The van der Waals surface area contributed by atoms with Crippen LogP contribution in [0.15, 0.2) is 48.5 Å². The van der Waals surface area contributed by atoms with E-state index in [0.717, 1.165) is 24.3 Å². The van der Waals surface area contributed by atoms with Gasteiger partial charge in [0.1, 0.15) is 5.82 Å². The molecular weight excluding hydrogens is 393 g/mol. The van der Waals surface area contributed by atoms with Gasteiger partial charge in [-0.05, 0) is 48.4 Å². The van der Waals surface area contributed by atoms with E-state index in [4.69, 9.17) is 11.6 Å². The molecule has 1 aliphatic rings. The number of halogens is 2. The molecule has 2 amide bonds. The van der Waals surface area contributed by atoms with E-state index in [-0.39, 0.29) is 30.1 Å². The third kappa shape index (κ3) is 5.94. The second-order valence-corrected chi connectivity index (χ2v) is 7.73. The number of anilines is 1. The Balaban J connectivity index is 1.42. The Hall–Kier alpha value is -2.60. The normalized spacial score (nSPS) is 15.1. The first-order valence-corrected chi connectivity index (χ1v) is 10.1. The van der Waals surface area contributed by atoms with Crippen molar-refractivity contribution in [2.75, 3.05) is 37.6 Å². The van der Waals surface area contributed by atoms with Crippen LogP contribution in [0.1, 0.15) is 12.5 Å². The minimum atomic E-state index is -0.341. The van der Waals surface area contributed by atoms with Crippen molar-refractivity contribution in [3.8, 4) is 0 Å². The molecule has 2 aromatic rings. The lowest BCUT2D eigenvalue weighted by atomic mass is 10.0. The van der Waals surface area contributed by atoms with Gasteiger partial charge in [0, 0.05) is 42.8 Å². The molecule has 1 fully saturated rings. The average Bonchev–Trinajstić information content (AvgIpc) is 2.72. The first-order chi connectivity index (χ1) is 13.9. The molecule has 7 heteroatoms. The molecule has 1 aliphatic heterocycles. The molecule has 0 aromatic heterocycles. The molecule has 3 rings (SSSR count). The summed E-state index contributed by atoms with van der Waals surface area (Å²) in [7, 11) is 0. The zero-order valence-electron chi connectivity index (χ0n) is 16.4. The Labute approximate surface area is 175 Å². The summed E-state index contributed by atoms with van der Waals surface area (Å²) in [4.78, 5) is 28.7. The fraction of sp³-hybridized carbons (Fsp3) is 0.364. The predicted molar refractivity (Wildman–Crippen MR) is 113 cm³/mol. The van der Waals surface area contributed by atoms with Gasteiger partial charge in [0.25, 0.3) is 0 Å². The minimum absolute atomic E-state index is 0.0206. The summed E-state index contributed by atoms with van der Waals surface area (Å²) in [6.07, 6.45) is 0.428. The van der Waals surface area contributed by atoms with Gasteiger partial charge in [-0.3, -0.25) is 9.59 Å². The first kappa shape index (κ1) is 21.1. The Morgan fingerprint density at radius 2 is 1.79 bits per heavy atom. The fourth-order valence-electron chi connectivity index (χ4n) is 3.42. The van der Waals surface area contributed by atoms with Gasteiger partial charge in [-0.1, -0.05) is 30.7 Å². The molecular formula is C22H25ClFN3O2. The monoisotopic (exact) mass is 417 g/mol. The zero-order chi connectivity index (χ0) is 20.8. The van der Waals surface area contributed by atoms with E-state index < -0.39 is 0 Å². The van der Waals surface area contributed by atoms with Gasteiger partial charge in [0.05, 0.1) is 6.54 Å². The highest BCUT2D eigenvalue weighted by atomic mass is 35.5. The number of rotatable bonds is 6. The fourth-order valence-corrected chi connectivity index (χ4v) is 3.55. The van der Waals surface area contributed by atoms with Crippen molar-refractivity contribution in [2.24, 2.45) is 5.92 Å². The summed E-state index contributed by atoms with van der Waals surface area (Å²) in [5.74, 6) is -0.955. The van der Waals surface area contributed by atoms with Crippen LogP contribution in [0.4, 0.5) is 10.1 Å². The highest BCUT2D eigenvalue weighted by Crippen LogP contribution is 2.19. The van der Waals surface area contributed by atoms with Gasteiger partial charge < -0.3 is 15.1 Å². The number of piperazine rings is 1. The minimum Gasteiger partial charge on any atom is -0.368 e. The molecule has 5 nitrogen and oxygen atoms in total. The highest BCUT2D eigenvalue weighted by Gasteiger charge is 2.22. The maximum Gasteiger partial charge on any atom is 0.242 e. The van der Waals surface area contributed by atoms with Crippen molar-refractivity contribution in [3.63, 3.8) is 0 Å². The van der Waals surface area contributed by atoms with Crippen molar-refractivity contribution in [1.29, 1.82) is 0 Å². The topological polar surface area (TPSA) is 52.7 Å². The number of nitrogens with one attached hydrogen (secondary N) is 1. The molecule has 0 spiro atoms. The van der Waals surface area contributed by atoms with Crippen molar-refractivity contribution in [1.82, 2.24) is 10.2 Å². The van der Waals surface area contributed by atoms with E-state index in [1.54, 1.807) is 24.0 Å². The summed E-state index contributed by atoms with van der Waals surface area (Å²) in [6.45, 7) is 4.43. The lowest BCUT2D eigenvalue weighted by Gasteiger charge is -2.36. The van der Waals surface area contributed by atoms with Gasteiger partial charge in [0.15, 0.2) is 0 Å². The summed E-state index contributed by atoms with van der Waals surface area (Å²) < 4.78 is 13.3. The summed E-state index contributed by atoms with van der Waals surface area (Å²) in [5, 5.41) is 3.41. The molecule has 29 heavy (non-hydrogen) atoms. The van der Waals surface area contributed by atoms with Crippen LogP contribution in [0.2, 0.25) is 5.02 Å². The highest BCUT2D eigenvalue weighted by molar-refractivity contribution is 6.30. The van der Waals surface area contributed by atoms with Crippen LogP contribution in [-0.4, -0.2) is 49.4 Å². The van der Waals surface area contributed by atoms with Crippen LogP contribution in [0.5, 0.6) is 0 Å². The molecule has 1 saturated heterocycles. The van der Waals surface area contributed by atoms with Crippen molar-refractivity contribution >= 4 is 29.1 Å². The van der Waals surface area contributed by atoms with E-state index in [2.05, 4.69) is 10.2 Å². The molecule has 1 N–H and O–H groups in total. The molecule has 0 saturated carbocycles. The van der Waals surface area contributed by atoms with Gasteiger partial charge in [-0.2, -0.15) is 0 Å². The van der Waals surface area contributed by atoms with Crippen LogP contribution in [0.3, 0.4) is 0 Å². The van der Waals surface area contributed by atoms with Crippen LogP contribution >= 0.6 is 11.6 Å². The predicted octanol–water partition coefficient (Wildman–Crippen LogP) is 3.12. The van der Waals surface area contributed by atoms with Crippen molar-refractivity contribution < 1.29 is 14.0 Å². The number of benzene rings is 2. The van der Waals surface area contributed by atoms with E-state index in [0.29, 0.717) is 24.5 Å². The molecule has 0 unspecified atom stereocenters. The largest absolute Gasteiger partial charge is 0.368 e. The Morgan fingerprint density at radius 3 is 2.45 bits per heavy atom. The summed E-state index contributed by atoms with van der Waals surface area (Å²) >= 11 is 5.93. The Morgan fingerprint density at radius 1 is 1.10 bits per heavy atom. The van der Waals surface area contributed by atoms with Gasteiger partial charge in [-0.25, -0.2) is 4.39 Å². The number of nitrogens with zero attached hydrogens (tertiary/aromatic N) is 2. The standard InChI is InChI=1S/C22H25ClFN3O2/c1-16(13-17-3-2-4-19(24)14-17)22(29)25-15-21(28)27-11-9-26(10-12-27)20-7-5-18(23)6-8-20/h2-8,14,16H,9-13,15H2,1H3,(H,25,29)/t16-/m0/s1. The summed E-state index contributed by atoms with van der Waals surface area (Å²) in [6, 6.07) is 13.9. The van der Waals surface area contributed by atoms with Crippen molar-refractivity contribution in [3.05, 3.63) is 64.9 Å².